The number of aromatic nitrogens is 1. The fourth-order valence-corrected chi connectivity index (χ4v) is 9.17. The lowest BCUT2D eigenvalue weighted by Gasteiger charge is -2.26. The van der Waals surface area contributed by atoms with Gasteiger partial charge in [0.05, 0.1) is 16.7 Å². The molecule has 0 unspecified atom stereocenters. The second-order valence-electron chi connectivity index (χ2n) is 15.7. The van der Waals surface area contributed by atoms with Crippen LogP contribution < -0.4 is 10.6 Å². The Balaban J connectivity index is 0.964. The number of allylic oxidation sites excluding steroid dienone is 4. The molecule has 0 spiro atoms. The number of rotatable bonds is 6. The summed E-state index contributed by atoms with van der Waals surface area (Å²) in [6, 6.07) is 65.4. The minimum Gasteiger partial charge on any atom is -0.398 e. The first kappa shape index (κ1) is 35.3. The van der Waals surface area contributed by atoms with Crippen LogP contribution in [0.1, 0.15) is 27.8 Å². The van der Waals surface area contributed by atoms with Crippen molar-refractivity contribution in [3.05, 3.63) is 241 Å². The zero-order chi connectivity index (χ0) is 40.2. The summed E-state index contributed by atoms with van der Waals surface area (Å²) in [6.45, 7) is 4.52. The standard InChI is InChI=1S/C57H41N3/c1-38-14-9-10-31-59(46-21-11-18-40(32-46)39-15-3-2-4-16-39)55-29-27-41(34-51(38)55)42-28-30-57-53(35-42)50-24-7-8-26-56(50)60(57)47-22-12-20-45(33-47)54(58)37-44-19-13-25-49-48-23-6-5-17-43(48)36-52(44)49/h2-35,37H,1,36,58H2/b14-9-,31-10-,54-37-. The van der Waals surface area contributed by atoms with E-state index in [1.165, 1.54) is 49.7 Å². The first-order valence-electron chi connectivity index (χ1n) is 20.5. The third-order valence-corrected chi connectivity index (χ3v) is 12.1. The van der Waals surface area contributed by atoms with E-state index >= 15 is 0 Å². The van der Waals surface area contributed by atoms with Crippen LogP contribution in [-0.4, -0.2) is 4.57 Å². The van der Waals surface area contributed by atoms with Crippen molar-refractivity contribution >= 4 is 50.5 Å². The van der Waals surface area contributed by atoms with Gasteiger partial charge in [-0.05, 0) is 134 Å². The molecule has 11 rings (SSSR count). The number of nitrogens with two attached hydrogens (primary N) is 1. The van der Waals surface area contributed by atoms with Gasteiger partial charge in [0.1, 0.15) is 0 Å². The van der Waals surface area contributed by atoms with Gasteiger partial charge in [-0.1, -0.05) is 146 Å². The summed E-state index contributed by atoms with van der Waals surface area (Å²) in [5.41, 5.74) is 27.5. The Bertz CT molecular complexity index is 3270. The highest BCUT2D eigenvalue weighted by Crippen LogP contribution is 2.42. The molecule has 0 saturated carbocycles. The minimum absolute atomic E-state index is 0.748. The van der Waals surface area contributed by atoms with Crippen LogP contribution in [0.3, 0.4) is 0 Å². The minimum atomic E-state index is 0.748. The Kier molecular flexibility index (Phi) is 8.53. The van der Waals surface area contributed by atoms with Gasteiger partial charge in [0, 0.05) is 39.6 Å². The molecule has 8 aromatic carbocycles. The van der Waals surface area contributed by atoms with Crippen molar-refractivity contribution in [1.82, 2.24) is 4.57 Å². The van der Waals surface area contributed by atoms with E-state index in [1.54, 1.807) is 0 Å². The van der Waals surface area contributed by atoms with Crippen molar-refractivity contribution in [3.8, 4) is 39.1 Å². The van der Waals surface area contributed by atoms with Crippen LogP contribution in [0.4, 0.5) is 11.4 Å². The molecule has 0 saturated heterocycles. The summed E-state index contributed by atoms with van der Waals surface area (Å²) in [6.07, 6.45) is 11.4. The molecule has 60 heavy (non-hydrogen) atoms. The average molecular weight is 768 g/mol. The summed E-state index contributed by atoms with van der Waals surface area (Å²) in [5.74, 6) is 0. The van der Waals surface area contributed by atoms with Crippen molar-refractivity contribution in [1.29, 1.82) is 0 Å². The molecule has 1 aromatic heterocycles. The third-order valence-electron chi connectivity index (χ3n) is 12.1. The maximum atomic E-state index is 6.94. The van der Waals surface area contributed by atoms with Gasteiger partial charge in [0.15, 0.2) is 0 Å². The first-order chi connectivity index (χ1) is 29.6. The second-order valence-corrected chi connectivity index (χ2v) is 15.7. The fourth-order valence-electron chi connectivity index (χ4n) is 9.17. The Labute approximate surface area is 350 Å². The SMILES string of the molecule is C=C1/C=C\C=C/N(c2cccc(-c3ccccc3)c2)c2ccc(-c3ccc4c(c3)c3ccccc3n4-c3cccc(/C(N)=C/c4cccc5c4Cc4ccccc4-5)c3)cc21. The van der Waals surface area contributed by atoms with Crippen molar-refractivity contribution in [3.63, 3.8) is 0 Å². The number of fused-ring (bicyclic) bond motifs is 7. The lowest BCUT2D eigenvalue weighted by atomic mass is 9.95. The van der Waals surface area contributed by atoms with Gasteiger partial charge in [0.25, 0.3) is 0 Å². The Morgan fingerprint density at radius 3 is 2.18 bits per heavy atom. The molecule has 2 heterocycles. The highest BCUT2D eigenvalue weighted by molar-refractivity contribution is 6.10. The maximum Gasteiger partial charge on any atom is 0.0541 e. The Morgan fingerprint density at radius 2 is 1.25 bits per heavy atom. The molecular formula is C57H41N3. The summed E-state index contributed by atoms with van der Waals surface area (Å²) in [7, 11) is 0. The lowest BCUT2D eigenvalue weighted by molar-refractivity contribution is 1.18. The van der Waals surface area contributed by atoms with Gasteiger partial charge >= 0.3 is 0 Å². The van der Waals surface area contributed by atoms with Gasteiger partial charge in [0.2, 0.25) is 0 Å². The molecule has 9 aromatic rings. The fraction of sp³-hybridized carbons (Fsp3) is 0.0175. The number of anilines is 2. The lowest BCUT2D eigenvalue weighted by Crippen LogP contribution is -2.11. The number of benzene rings is 8. The van der Waals surface area contributed by atoms with Crippen LogP contribution in [0.15, 0.2) is 213 Å². The molecule has 2 N–H and O–H groups in total. The van der Waals surface area contributed by atoms with E-state index < -0.39 is 0 Å². The van der Waals surface area contributed by atoms with Gasteiger partial charge in [-0.2, -0.15) is 0 Å². The summed E-state index contributed by atoms with van der Waals surface area (Å²) in [4.78, 5) is 2.26. The normalized spacial score (nSPS) is 14.4. The summed E-state index contributed by atoms with van der Waals surface area (Å²) in [5, 5.41) is 2.40. The summed E-state index contributed by atoms with van der Waals surface area (Å²) < 4.78 is 2.36. The number of nitrogens with zero attached hydrogens (tertiary/aromatic N) is 2. The van der Waals surface area contributed by atoms with E-state index in [0.29, 0.717) is 0 Å². The molecule has 1 aliphatic carbocycles. The van der Waals surface area contributed by atoms with Crippen molar-refractivity contribution in [2.24, 2.45) is 5.73 Å². The van der Waals surface area contributed by atoms with Gasteiger partial charge in [-0.15, -0.1) is 0 Å². The van der Waals surface area contributed by atoms with Gasteiger partial charge in [-0.3, -0.25) is 0 Å². The predicted octanol–water partition coefficient (Wildman–Crippen LogP) is 14.4. The van der Waals surface area contributed by atoms with Crippen LogP contribution in [0.2, 0.25) is 0 Å². The number of hydrogen-bond acceptors (Lipinski definition) is 2. The third kappa shape index (κ3) is 6.07. The Morgan fingerprint density at radius 1 is 0.533 bits per heavy atom. The van der Waals surface area contributed by atoms with Crippen LogP contribution in [0.25, 0.3) is 78.2 Å². The molecule has 0 atom stereocenters. The number of hydrogen-bond donors (Lipinski definition) is 1. The molecule has 0 bridgehead atoms. The number of para-hydroxylation sites is 1. The van der Waals surface area contributed by atoms with Crippen LogP contribution >= 0.6 is 0 Å². The Hall–Kier alpha value is -7.88. The van der Waals surface area contributed by atoms with Crippen molar-refractivity contribution in [2.45, 2.75) is 6.42 Å². The second kappa shape index (κ2) is 14.5. The first-order valence-corrected chi connectivity index (χ1v) is 20.5. The van der Waals surface area contributed by atoms with E-state index in [1.807, 2.05) is 0 Å². The molecule has 3 nitrogen and oxygen atoms in total. The van der Waals surface area contributed by atoms with E-state index in [0.717, 1.165) is 68.0 Å². The van der Waals surface area contributed by atoms with Crippen LogP contribution in [0, 0.1) is 0 Å². The van der Waals surface area contributed by atoms with Gasteiger partial charge in [-0.25, -0.2) is 0 Å². The predicted molar refractivity (Wildman–Crippen MR) is 254 cm³/mol. The topological polar surface area (TPSA) is 34.2 Å². The molecule has 0 amide bonds. The van der Waals surface area contributed by atoms with E-state index in [-0.39, 0.29) is 0 Å². The molecule has 3 heteroatoms. The molecule has 284 valence electrons. The van der Waals surface area contributed by atoms with E-state index in [2.05, 4.69) is 229 Å². The smallest absolute Gasteiger partial charge is 0.0541 e. The average Bonchev–Trinajstić information content (AvgIpc) is 3.85. The quantitative estimate of drug-likeness (QED) is 0.171. The highest BCUT2D eigenvalue weighted by atomic mass is 15.1. The van der Waals surface area contributed by atoms with Crippen LogP contribution in [-0.2, 0) is 6.42 Å². The summed E-state index contributed by atoms with van der Waals surface area (Å²) >= 11 is 0. The molecule has 0 radical (unpaired) electrons. The van der Waals surface area contributed by atoms with E-state index in [9.17, 15) is 0 Å². The van der Waals surface area contributed by atoms with Crippen molar-refractivity contribution in [2.75, 3.05) is 4.90 Å². The molecule has 1 aliphatic heterocycles. The highest BCUT2D eigenvalue weighted by Gasteiger charge is 2.21. The van der Waals surface area contributed by atoms with Crippen molar-refractivity contribution < 1.29 is 0 Å². The van der Waals surface area contributed by atoms with E-state index in [4.69, 9.17) is 5.73 Å². The van der Waals surface area contributed by atoms with Crippen LogP contribution in [0.5, 0.6) is 0 Å². The van der Waals surface area contributed by atoms with Gasteiger partial charge < -0.3 is 15.2 Å². The zero-order valence-corrected chi connectivity index (χ0v) is 33.1. The zero-order valence-electron chi connectivity index (χ0n) is 33.1. The maximum absolute atomic E-state index is 6.94. The molecular weight excluding hydrogens is 727 g/mol. The molecule has 0 fully saturated rings. The largest absolute Gasteiger partial charge is 0.398 e. The molecule has 2 aliphatic rings. The monoisotopic (exact) mass is 767 g/mol.